The molecule has 1 aliphatic carbocycles. The van der Waals surface area contributed by atoms with Crippen molar-refractivity contribution in [2.24, 2.45) is 5.92 Å². The molecule has 7 nitrogen and oxygen atoms in total. The van der Waals surface area contributed by atoms with Crippen LogP contribution in [0.2, 0.25) is 0 Å². The van der Waals surface area contributed by atoms with Crippen molar-refractivity contribution in [2.45, 2.75) is 44.7 Å². The van der Waals surface area contributed by atoms with Crippen LogP contribution in [0.3, 0.4) is 0 Å². The Morgan fingerprint density at radius 3 is 2.80 bits per heavy atom. The highest BCUT2D eigenvalue weighted by Crippen LogP contribution is 2.35. The molecule has 2 atom stereocenters. The van der Waals surface area contributed by atoms with Crippen molar-refractivity contribution in [3.05, 3.63) is 67.0 Å². The number of pyridine rings is 2. The number of carbonyl (C=O) groups excluding carboxylic acids is 1. The Balaban J connectivity index is 1.43. The van der Waals surface area contributed by atoms with Crippen LogP contribution in [0.5, 0.6) is 0 Å². The summed E-state index contributed by atoms with van der Waals surface area (Å²) in [6.07, 6.45) is 3.81. The Hall–Kier alpha value is -2.67. The molecule has 0 radical (unpaired) electrons. The summed E-state index contributed by atoms with van der Waals surface area (Å²) in [6, 6.07) is 5.79. The lowest BCUT2D eigenvalue weighted by molar-refractivity contribution is 0.0592. The van der Waals surface area contributed by atoms with Crippen LogP contribution in [0.4, 0.5) is 0 Å². The van der Waals surface area contributed by atoms with E-state index in [0.717, 1.165) is 48.2 Å². The number of H-pyrrole nitrogens is 1. The van der Waals surface area contributed by atoms with E-state index < -0.39 is 0 Å². The SMILES string of the molecule is CN(C)Cc1ccc2n(c1=O)C[C@H]1C[C@@H]2CN(C(=O)c2cc3c([nH]c2=O)CCC3)C1. The molecule has 30 heavy (non-hydrogen) atoms. The molecule has 158 valence electrons. The summed E-state index contributed by atoms with van der Waals surface area (Å²) in [5.41, 5.74) is 3.97. The Morgan fingerprint density at radius 2 is 2.00 bits per heavy atom. The van der Waals surface area contributed by atoms with E-state index in [4.69, 9.17) is 0 Å². The third kappa shape index (κ3) is 3.21. The van der Waals surface area contributed by atoms with E-state index in [1.807, 2.05) is 34.5 Å². The van der Waals surface area contributed by atoms with Gasteiger partial charge in [-0.05, 0) is 63.4 Å². The zero-order valence-corrected chi connectivity index (χ0v) is 17.6. The van der Waals surface area contributed by atoms with E-state index in [-0.39, 0.29) is 34.4 Å². The molecule has 0 unspecified atom stereocenters. The first-order valence-corrected chi connectivity index (χ1v) is 10.8. The molecule has 1 fully saturated rings. The number of aromatic amines is 1. The highest BCUT2D eigenvalue weighted by molar-refractivity contribution is 5.94. The maximum absolute atomic E-state index is 13.2. The molecule has 3 aliphatic rings. The van der Waals surface area contributed by atoms with E-state index in [1.54, 1.807) is 6.07 Å². The Bertz CT molecular complexity index is 1130. The van der Waals surface area contributed by atoms with E-state index in [1.165, 1.54) is 0 Å². The minimum Gasteiger partial charge on any atom is -0.337 e. The quantitative estimate of drug-likeness (QED) is 0.832. The normalized spacial score (nSPS) is 22.2. The monoisotopic (exact) mass is 408 g/mol. The predicted molar refractivity (Wildman–Crippen MR) is 114 cm³/mol. The van der Waals surface area contributed by atoms with Crippen LogP contribution >= 0.6 is 0 Å². The van der Waals surface area contributed by atoms with Gasteiger partial charge in [-0.15, -0.1) is 0 Å². The number of piperidine rings is 1. The molecular weight excluding hydrogens is 380 g/mol. The summed E-state index contributed by atoms with van der Waals surface area (Å²) < 4.78 is 1.92. The second kappa shape index (κ2) is 7.23. The van der Waals surface area contributed by atoms with Crippen molar-refractivity contribution in [2.75, 3.05) is 27.2 Å². The number of rotatable bonds is 3. The number of likely N-dealkylation sites (tertiary alicyclic amines) is 1. The summed E-state index contributed by atoms with van der Waals surface area (Å²) in [5, 5.41) is 0. The maximum atomic E-state index is 13.2. The molecule has 0 saturated carbocycles. The molecule has 7 heteroatoms. The van der Waals surface area contributed by atoms with Gasteiger partial charge in [-0.1, -0.05) is 6.07 Å². The first-order valence-electron chi connectivity index (χ1n) is 10.8. The van der Waals surface area contributed by atoms with E-state index in [2.05, 4.69) is 11.1 Å². The first kappa shape index (κ1) is 19.3. The summed E-state index contributed by atoms with van der Waals surface area (Å²) in [5.74, 6) is 0.192. The second-order valence-corrected chi connectivity index (χ2v) is 9.32. The summed E-state index contributed by atoms with van der Waals surface area (Å²) in [6.45, 7) is 2.41. The second-order valence-electron chi connectivity index (χ2n) is 9.32. The van der Waals surface area contributed by atoms with Crippen molar-refractivity contribution < 1.29 is 4.79 Å². The van der Waals surface area contributed by atoms with Gasteiger partial charge in [-0.2, -0.15) is 0 Å². The molecule has 1 N–H and O–H groups in total. The van der Waals surface area contributed by atoms with E-state index in [9.17, 15) is 14.4 Å². The fraction of sp³-hybridized carbons (Fsp3) is 0.522. The fourth-order valence-electron chi connectivity index (χ4n) is 5.46. The topological polar surface area (TPSA) is 78.4 Å². The Morgan fingerprint density at radius 1 is 1.17 bits per heavy atom. The van der Waals surface area contributed by atoms with Gasteiger partial charge < -0.3 is 19.4 Å². The van der Waals surface area contributed by atoms with Gasteiger partial charge in [0.15, 0.2) is 0 Å². The molecular formula is C23H28N4O3. The average Bonchev–Trinajstić information content (AvgIpc) is 3.16. The molecule has 1 amide bonds. The lowest BCUT2D eigenvalue weighted by Crippen LogP contribution is -2.50. The van der Waals surface area contributed by atoms with Gasteiger partial charge in [0.25, 0.3) is 17.0 Å². The predicted octanol–water partition coefficient (Wildman–Crippen LogP) is 1.35. The zero-order valence-electron chi connectivity index (χ0n) is 17.6. The number of fused-ring (bicyclic) bond motifs is 5. The van der Waals surface area contributed by atoms with Crippen LogP contribution in [-0.2, 0) is 25.9 Å². The lowest BCUT2D eigenvalue weighted by Gasteiger charge is -2.43. The zero-order chi connectivity index (χ0) is 21.0. The van der Waals surface area contributed by atoms with Gasteiger partial charge in [-0.3, -0.25) is 14.4 Å². The molecule has 2 aromatic rings. The van der Waals surface area contributed by atoms with Crippen LogP contribution in [0, 0.1) is 5.92 Å². The van der Waals surface area contributed by atoms with Crippen molar-refractivity contribution in [1.82, 2.24) is 19.4 Å². The number of amides is 1. The van der Waals surface area contributed by atoms with Gasteiger partial charge in [0, 0.05) is 49.0 Å². The smallest absolute Gasteiger partial charge is 0.261 e. The molecule has 2 aliphatic heterocycles. The van der Waals surface area contributed by atoms with Gasteiger partial charge in [0.05, 0.1) is 0 Å². The third-order valence-electron chi connectivity index (χ3n) is 6.78. The highest BCUT2D eigenvalue weighted by Gasteiger charge is 2.37. The van der Waals surface area contributed by atoms with Crippen LogP contribution in [0.15, 0.2) is 27.8 Å². The van der Waals surface area contributed by atoms with Crippen LogP contribution in [0.25, 0.3) is 0 Å². The van der Waals surface area contributed by atoms with E-state index in [0.29, 0.717) is 26.2 Å². The molecule has 2 aromatic heterocycles. The van der Waals surface area contributed by atoms with Crippen molar-refractivity contribution in [1.29, 1.82) is 0 Å². The summed E-state index contributed by atoms with van der Waals surface area (Å²) in [4.78, 5) is 45.5. The Kier molecular flexibility index (Phi) is 4.65. The minimum atomic E-state index is -0.277. The highest BCUT2D eigenvalue weighted by atomic mass is 16.2. The standard InChI is InChI=1S/C23H28N4O3/c1-25(2)12-16-6-7-20-17-8-14(11-27(20)22(16)29)10-26(13-17)23(30)18-9-15-4-3-5-19(15)24-21(18)28/h6-7,9,14,17H,3-5,8,10-13H2,1-2H3,(H,24,28)/t14-,17+/m0/s1. The van der Waals surface area contributed by atoms with Crippen molar-refractivity contribution in [3.8, 4) is 0 Å². The Labute approximate surface area is 175 Å². The molecule has 5 rings (SSSR count). The van der Waals surface area contributed by atoms with Crippen LogP contribution in [0.1, 0.15) is 51.6 Å². The maximum Gasteiger partial charge on any atom is 0.261 e. The molecule has 4 heterocycles. The number of nitrogens with zero attached hydrogens (tertiary/aromatic N) is 3. The average molecular weight is 409 g/mol. The fourth-order valence-corrected chi connectivity index (χ4v) is 5.46. The molecule has 2 bridgehead atoms. The number of hydrogen-bond acceptors (Lipinski definition) is 4. The third-order valence-corrected chi connectivity index (χ3v) is 6.78. The number of aromatic nitrogens is 2. The van der Waals surface area contributed by atoms with Crippen LogP contribution < -0.4 is 11.1 Å². The number of carbonyl (C=O) groups is 1. The van der Waals surface area contributed by atoms with Crippen molar-refractivity contribution >= 4 is 5.91 Å². The molecule has 0 aromatic carbocycles. The van der Waals surface area contributed by atoms with Gasteiger partial charge >= 0.3 is 0 Å². The van der Waals surface area contributed by atoms with Gasteiger partial charge in [0.1, 0.15) is 5.56 Å². The van der Waals surface area contributed by atoms with Crippen LogP contribution in [-0.4, -0.2) is 52.4 Å². The summed E-state index contributed by atoms with van der Waals surface area (Å²) >= 11 is 0. The van der Waals surface area contributed by atoms with Crippen molar-refractivity contribution in [3.63, 3.8) is 0 Å². The van der Waals surface area contributed by atoms with Gasteiger partial charge in [-0.25, -0.2) is 0 Å². The number of nitrogens with one attached hydrogen (secondary N) is 1. The molecule has 1 saturated heterocycles. The number of aryl methyl sites for hydroxylation is 2. The summed E-state index contributed by atoms with van der Waals surface area (Å²) in [7, 11) is 3.92. The molecule has 0 spiro atoms. The van der Waals surface area contributed by atoms with Gasteiger partial charge in [0.2, 0.25) is 0 Å². The first-order chi connectivity index (χ1) is 14.4. The van der Waals surface area contributed by atoms with E-state index >= 15 is 0 Å². The number of hydrogen-bond donors (Lipinski definition) is 1. The minimum absolute atomic E-state index is 0.0887. The lowest BCUT2D eigenvalue weighted by atomic mass is 9.82. The largest absolute Gasteiger partial charge is 0.337 e.